The van der Waals surface area contributed by atoms with Crippen LogP contribution in [0.4, 0.5) is 0 Å². The monoisotopic (exact) mass is 284 g/mol. The second kappa shape index (κ2) is 11.5. The normalized spacial score (nSPS) is 12.9. The quantitative estimate of drug-likeness (QED) is 0.454. The number of unbranched alkanes of at least 4 members (excludes halogenated alkanes) is 1. The maximum atomic E-state index is 11.9. The van der Waals surface area contributed by atoms with Crippen LogP contribution >= 0.6 is 0 Å². The Hall–Kier alpha value is -1.32. The molecule has 0 amide bonds. The van der Waals surface area contributed by atoms with Crippen molar-refractivity contribution < 1.29 is 19.1 Å². The second-order valence-corrected chi connectivity index (χ2v) is 4.76. The van der Waals surface area contributed by atoms with Gasteiger partial charge in [0.2, 0.25) is 0 Å². The van der Waals surface area contributed by atoms with Gasteiger partial charge in [-0.25, -0.2) is 9.59 Å². The first-order chi connectivity index (χ1) is 9.58. The number of carbonyl (C=O) groups is 2. The van der Waals surface area contributed by atoms with Gasteiger partial charge in [-0.3, -0.25) is 0 Å². The zero-order valence-electron chi connectivity index (χ0n) is 13.2. The molecule has 0 aromatic heterocycles. The van der Waals surface area contributed by atoms with E-state index in [4.69, 9.17) is 9.47 Å². The lowest BCUT2D eigenvalue weighted by Gasteiger charge is -2.16. The molecule has 0 aliphatic carbocycles. The molecule has 0 spiro atoms. The van der Waals surface area contributed by atoms with Crippen LogP contribution in [0.25, 0.3) is 0 Å². The van der Waals surface area contributed by atoms with E-state index in [1.807, 2.05) is 0 Å². The molecule has 0 N–H and O–H groups in total. The van der Waals surface area contributed by atoms with Gasteiger partial charge in [-0.05, 0) is 26.2 Å². The SMILES string of the molecule is CCCCC(CC)CC(=CC(=O)OCC)C(=O)OCC. The Morgan fingerprint density at radius 2 is 1.70 bits per heavy atom. The lowest BCUT2D eigenvalue weighted by Crippen LogP contribution is -2.14. The van der Waals surface area contributed by atoms with Crippen molar-refractivity contribution in [2.45, 2.75) is 59.8 Å². The van der Waals surface area contributed by atoms with Gasteiger partial charge in [-0.2, -0.15) is 0 Å². The third-order valence-electron chi connectivity index (χ3n) is 3.17. The first-order valence-electron chi connectivity index (χ1n) is 7.63. The van der Waals surface area contributed by atoms with Crippen LogP contribution in [0.3, 0.4) is 0 Å². The molecule has 0 saturated carbocycles. The van der Waals surface area contributed by atoms with Crippen LogP contribution in [-0.4, -0.2) is 25.2 Å². The van der Waals surface area contributed by atoms with Crippen LogP contribution in [-0.2, 0) is 19.1 Å². The van der Waals surface area contributed by atoms with E-state index >= 15 is 0 Å². The van der Waals surface area contributed by atoms with Crippen molar-refractivity contribution in [3.05, 3.63) is 11.6 Å². The zero-order valence-corrected chi connectivity index (χ0v) is 13.2. The summed E-state index contributed by atoms with van der Waals surface area (Å²) in [6.07, 6.45) is 6.18. The summed E-state index contributed by atoms with van der Waals surface area (Å²) in [5.74, 6) is -0.476. The van der Waals surface area contributed by atoms with Crippen molar-refractivity contribution in [1.29, 1.82) is 0 Å². The fourth-order valence-corrected chi connectivity index (χ4v) is 2.01. The van der Waals surface area contributed by atoms with Crippen LogP contribution < -0.4 is 0 Å². The topological polar surface area (TPSA) is 52.6 Å². The molecule has 1 atom stereocenters. The van der Waals surface area contributed by atoms with Gasteiger partial charge in [0.15, 0.2) is 0 Å². The summed E-state index contributed by atoms with van der Waals surface area (Å²) < 4.78 is 9.89. The van der Waals surface area contributed by atoms with E-state index in [2.05, 4.69) is 13.8 Å². The maximum absolute atomic E-state index is 11.9. The molecule has 4 heteroatoms. The van der Waals surface area contributed by atoms with Crippen molar-refractivity contribution in [1.82, 2.24) is 0 Å². The van der Waals surface area contributed by atoms with Crippen LogP contribution in [0.15, 0.2) is 11.6 Å². The molecule has 0 aromatic carbocycles. The number of esters is 2. The first-order valence-corrected chi connectivity index (χ1v) is 7.63. The van der Waals surface area contributed by atoms with Crippen molar-refractivity contribution in [3.63, 3.8) is 0 Å². The molecule has 0 heterocycles. The molecular weight excluding hydrogens is 256 g/mol. The Bertz CT molecular complexity index is 320. The van der Waals surface area contributed by atoms with Crippen molar-refractivity contribution >= 4 is 11.9 Å². The highest BCUT2D eigenvalue weighted by molar-refractivity contribution is 5.96. The van der Waals surface area contributed by atoms with E-state index in [9.17, 15) is 9.59 Å². The number of hydrogen-bond acceptors (Lipinski definition) is 4. The maximum Gasteiger partial charge on any atom is 0.334 e. The summed E-state index contributed by atoms with van der Waals surface area (Å²) in [6, 6.07) is 0. The average Bonchev–Trinajstić information content (AvgIpc) is 2.42. The minimum absolute atomic E-state index is 0.304. The molecule has 0 saturated heterocycles. The van der Waals surface area contributed by atoms with Gasteiger partial charge in [0.25, 0.3) is 0 Å². The van der Waals surface area contributed by atoms with Crippen molar-refractivity contribution in [3.8, 4) is 0 Å². The highest BCUT2D eigenvalue weighted by Gasteiger charge is 2.18. The van der Waals surface area contributed by atoms with E-state index in [1.54, 1.807) is 13.8 Å². The molecule has 0 rings (SSSR count). The fourth-order valence-electron chi connectivity index (χ4n) is 2.01. The van der Waals surface area contributed by atoms with Gasteiger partial charge in [0.1, 0.15) is 0 Å². The van der Waals surface area contributed by atoms with Crippen LogP contribution in [0.5, 0.6) is 0 Å². The van der Waals surface area contributed by atoms with Crippen LogP contribution in [0.2, 0.25) is 0 Å². The second-order valence-electron chi connectivity index (χ2n) is 4.76. The Morgan fingerprint density at radius 3 is 2.20 bits per heavy atom. The summed E-state index contributed by atoms with van der Waals surface area (Å²) >= 11 is 0. The van der Waals surface area contributed by atoms with Crippen molar-refractivity contribution in [2.24, 2.45) is 5.92 Å². The summed E-state index contributed by atoms with van der Waals surface area (Å²) in [6.45, 7) is 8.37. The van der Waals surface area contributed by atoms with Gasteiger partial charge < -0.3 is 9.47 Å². The van der Waals surface area contributed by atoms with Crippen molar-refractivity contribution in [2.75, 3.05) is 13.2 Å². The standard InChI is InChI=1S/C16H28O4/c1-5-9-10-13(6-2)11-14(16(18)20-8-4)12-15(17)19-7-3/h12-13H,5-11H2,1-4H3. The predicted octanol–water partition coefficient (Wildman–Crippen LogP) is 3.65. The minimum atomic E-state index is -0.471. The van der Waals surface area contributed by atoms with Gasteiger partial charge >= 0.3 is 11.9 Å². The number of hydrogen-bond donors (Lipinski definition) is 0. The fraction of sp³-hybridized carbons (Fsp3) is 0.750. The molecule has 0 aromatic rings. The molecule has 0 fully saturated rings. The third kappa shape index (κ3) is 7.97. The van der Waals surface area contributed by atoms with Gasteiger partial charge in [0, 0.05) is 11.6 Å². The molecule has 0 radical (unpaired) electrons. The van der Waals surface area contributed by atoms with E-state index in [1.165, 1.54) is 6.08 Å². The van der Waals surface area contributed by atoms with E-state index in [0.29, 0.717) is 31.1 Å². The molecule has 0 aliphatic rings. The summed E-state index contributed by atoms with van der Waals surface area (Å²) in [4.78, 5) is 23.4. The van der Waals surface area contributed by atoms with E-state index < -0.39 is 11.9 Å². The Balaban J connectivity index is 4.82. The summed E-state index contributed by atoms with van der Waals surface area (Å²) in [5, 5.41) is 0. The molecule has 20 heavy (non-hydrogen) atoms. The Morgan fingerprint density at radius 1 is 1.05 bits per heavy atom. The zero-order chi connectivity index (χ0) is 15.4. The molecule has 1 unspecified atom stereocenters. The molecular formula is C16H28O4. The van der Waals surface area contributed by atoms with Gasteiger partial charge in [-0.1, -0.05) is 39.5 Å². The Labute approximate surface area is 122 Å². The smallest absolute Gasteiger partial charge is 0.334 e. The molecule has 0 bridgehead atoms. The summed E-state index contributed by atoms with van der Waals surface area (Å²) in [5.41, 5.74) is 0.424. The summed E-state index contributed by atoms with van der Waals surface area (Å²) in [7, 11) is 0. The predicted molar refractivity (Wildman–Crippen MR) is 79.3 cm³/mol. The first kappa shape index (κ1) is 18.7. The molecule has 0 aliphatic heterocycles. The van der Waals surface area contributed by atoms with Gasteiger partial charge in [-0.15, -0.1) is 0 Å². The average molecular weight is 284 g/mol. The number of rotatable bonds is 10. The third-order valence-corrected chi connectivity index (χ3v) is 3.17. The molecule has 4 nitrogen and oxygen atoms in total. The number of carbonyl (C=O) groups excluding carboxylic acids is 2. The highest BCUT2D eigenvalue weighted by atomic mass is 16.5. The molecule has 116 valence electrons. The Kier molecular flexibility index (Phi) is 10.7. The lowest BCUT2D eigenvalue weighted by molar-refractivity contribution is -0.141. The minimum Gasteiger partial charge on any atom is -0.463 e. The largest absolute Gasteiger partial charge is 0.463 e. The van der Waals surface area contributed by atoms with Gasteiger partial charge in [0.05, 0.1) is 13.2 Å². The lowest BCUT2D eigenvalue weighted by atomic mass is 9.91. The van der Waals surface area contributed by atoms with E-state index in [-0.39, 0.29) is 0 Å². The number of ether oxygens (including phenoxy) is 2. The highest BCUT2D eigenvalue weighted by Crippen LogP contribution is 2.22. The van der Waals surface area contributed by atoms with Crippen LogP contribution in [0, 0.1) is 5.92 Å². The van der Waals surface area contributed by atoms with Crippen LogP contribution in [0.1, 0.15) is 59.8 Å². The van der Waals surface area contributed by atoms with E-state index in [0.717, 1.165) is 25.7 Å².